The van der Waals surface area contributed by atoms with Crippen molar-refractivity contribution in [3.05, 3.63) is 279 Å². The molecule has 15 aromatic rings. The molecule has 8 heteroatoms. The molecule has 8 nitrogen and oxygen atoms in total. The van der Waals surface area contributed by atoms with Crippen molar-refractivity contribution in [2.24, 2.45) is 0 Å². The standard InChI is InChI=1S/C45H30N6.C24H16N2/c1-4-16-34(17-5-1)49-40-25-13-10-22-37(40)46-43(49)31-28-32(44-47-38-23-11-14-26-41(38)50(44)35-18-6-2-7-19-35)30-33(29-31)45-48-39-24-12-15-27-42(39)51(45)36-20-8-3-9-21-36;1-3-7-17(8-4-1)19-13-15-25-23-21(19)11-12-22-20(14-16-26-24(22)23)18-9-5-2-6-10-18/h1-30H;1-16H. The minimum Gasteiger partial charge on any atom is -0.292 e. The maximum atomic E-state index is 5.28. The van der Waals surface area contributed by atoms with Gasteiger partial charge in [0.15, 0.2) is 0 Å². The molecular weight excluding hydrogens is 941 g/mol. The van der Waals surface area contributed by atoms with Crippen LogP contribution in [0, 0.1) is 0 Å². The van der Waals surface area contributed by atoms with Gasteiger partial charge in [0.2, 0.25) is 0 Å². The van der Waals surface area contributed by atoms with Crippen LogP contribution in [0.4, 0.5) is 0 Å². The van der Waals surface area contributed by atoms with Gasteiger partial charge in [0.05, 0.1) is 44.1 Å². The van der Waals surface area contributed by atoms with Crippen LogP contribution in [0.25, 0.3) is 128 Å². The molecule has 5 heterocycles. The lowest BCUT2D eigenvalue weighted by molar-refractivity contribution is 1.09. The molecule has 5 aromatic heterocycles. The topological polar surface area (TPSA) is 79.2 Å². The Hall–Kier alpha value is -10.6. The third-order valence-electron chi connectivity index (χ3n) is 14.2. The summed E-state index contributed by atoms with van der Waals surface area (Å²) in [6.07, 6.45) is 3.75. The van der Waals surface area contributed by atoms with E-state index >= 15 is 0 Å². The van der Waals surface area contributed by atoms with E-state index in [4.69, 9.17) is 15.0 Å². The molecule has 0 fully saturated rings. The monoisotopic (exact) mass is 986 g/mol. The number of para-hydroxylation sites is 9. The van der Waals surface area contributed by atoms with Gasteiger partial charge in [0.1, 0.15) is 17.5 Å². The van der Waals surface area contributed by atoms with E-state index in [2.05, 4.69) is 242 Å². The highest BCUT2D eigenvalue weighted by Crippen LogP contribution is 2.40. The van der Waals surface area contributed by atoms with Gasteiger partial charge in [-0.2, -0.15) is 0 Å². The second-order valence-corrected chi connectivity index (χ2v) is 18.9. The number of pyridine rings is 2. The van der Waals surface area contributed by atoms with Gasteiger partial charge in [-0.15, -0.1) is 0 Å². The van der Waals surface area contributed by atoms with E-state index in [1.807, 2.05) is 60.9 Å². The second kappa shape index (κ2) is 19.4. The largest absolute Gasteiger partial charge is 0.292 e. The molecule has 0 aliphatic carbocycles. The van der Waals surface area contributed by atoms with Crippen LogP contribution < -0.4 is 0 Å². The third-order valence-corrected chi connectivity index (χ3v) is 14.2. The van der Waals surface area contributed by atoms with Crippen molar-refractivity contribution in [3.8, 4) is 73.5 Å². The number of fused-ring (bicyclic) bond motifs is 6. The van der Waals surface area contributed by atoms with Crippen LogP contribution in [0.5, 0.6) is 0 Å². The highest BCUT2D eigenvalue weighted by atomic mass is 15.1. The van der Waals surface area contributed by atoms with Crippen molar-refractivity contribution in [2.75, 3.05) is 0 Å². The van der Waals surface area contributed by atoms with Gasteiger partial charge >= 0.3 is 0 Å². The van der Waals surface area contributed by atoms with Gasteiger partial charge in [-0.3, -0.25) is 23.7 Å². The van der Waals surface area contributed by atoms with E-state index in [1.165, 1.54) is 22.3 Å². The summed E-state index contributed by atoms with van der Waals surface area (Å²) >= 11 is 0. The van der Waals surface area contributed by atoms with Crippen molar-refractivity contribution in [1.82, 2.24) is 38.6 Å². The number of benzene rings is 10. The van der Waals surface area contributed by atoms with Crippen molar-refractivity contribution >= 4 is 54.9 Å². The fourth-order valence-corrected chi connectivity index (χ4v) is 10.8. The lowest BCUT2D eigenvalue weighted by Gasteiger charge is -2.15. The zero-order valence-electron chi connectivity index (χ0n) is 41.6. The van der Waals surface area contributed by atoms with E-state index in [-0.39, 0.29) is 0 Å². The van der Waals surface area contributed by atoms with Gasteiger partial charge in [-0.05, 0) is 125 Å². The lowest BCUT2D eigenvalue weighted by atomic mass is 9.97. The number of hydrogen-bond acceptors (Lipinski definition) is 5. The molecule has 10 aromatic carbocycles. The first-order chi connectivity index (χ1) is 38.2. The van der Waals surface area contributed by atoms with Crippen LogP contribution in [0.2, 0.25) is 0 Å². The molecular formula is C69H46N8. The number of hydrogen-bond donors (Lipinski definition) is 0. The summed E-state index contributed by atoms with van der Waals surface area (Å²) < 4.78 is 6.75. The van der Waals surface area contributed by atoms with Crippen LogP contribution in [-0.4, -0.2) is 38.6 Å². The van der Waals surface area contributed by atoms with E-state index in [0.717, 1.165) is 106 Å². The number of aromatic nitrogens is 8. The van der Waals surface area contributed by atoms with E-state index in [1.54, 1.807) is 0 Å². The first-order valence-corrected chi connectivity index (χ1v) is 25.7. The van der Waals surface area contributed by atoms with Crippen molar-refractivity contribution in [2.45, 2.75) is 0 Å². The summed E-state index contributed by atoms with van der Waals surface area (Å²) in [5, 5.41) is 2.26. The first-order valence-electron chi connectivity index (χ1n) is 25.7. The van der Waals surface area contributed by atoms with Crippen LogP contribution >= 0.6 is 0 Å². The van der Waals surface area contributed by atoms with Crippen LogP contribution in [-0.2, 0) is 0 Å². The molecule has 0 bridgehead atoms. The van der Waals surface area contributed by atoms with E-state index in [0.29, 0.717) is 0 Å². The number of rotatable bonds is 8. The predicted molar refractivity (Wildman–Crippen MR) is 315 cm³/mol. The predicted octanol–water partition coefficient (Wildman–Crippen LogP) is 16.8. The van der Waals surface area contributed by atoms with Crippen molar-refractivity contribution in [3.63, 3.8) is 0 Å². The Morgan fingerprint density at radius 2 is 0.532 bits per heavy atom. The Morgan fingerprint density at radius 3 is 0.857 bits per heavy atom. The fourth-order valence-electron chi connectivity index (χ4n) is 10.8. The highest BCUT2D eigenvalue weighted by Gasteiger charge is 2.23. The summed E-state index contributed by atoms with van der Waals surface area (Å²) in [4.78, 5) is 25.2. The van der Waals surface area contributed by atoms with Gasteiger partial charge in [-0.1, -0.05) is 164 Å². The first kappa shape index (κ1) is 45.1. The van der Waals surface area contributed by atoms with Crippen LogP contribution in [0.3, 0.4) is 0 Å². The Morgan fingerprint density at radius 1 is 0.247 bits per heavy atom. The quantitative estimate of drug-likeness (QED) is 0.142. The lowest BCUT2D eigenvalue weighted by Crippen LogP contribution is -2.02. The molecule has 362 valence electrons. The highest BCUT2D eigenvalue weighted by molar-refractivity contribution is 6.11. The Kier molecular flexibility index (Phi) is 11.3. The summed E-state index contributed by atoms with van der Waals surface area (Å²) in [5.74, 6) is 2.53. The molecule has 0 unspecified atom stereocenters. The molecule has 0 amide bonds. The average Bonchev–Trinajstić information content (AvgIpc) is 4.25. The molecule has 0 N–H and O–H groups in total. The normalized spacial score (nSPS) is 11.4. The molecule has 0 spiro atoms. The Bertz CT molecular complexity index is 4180. The summed E-state index contributed by atoms with van der Waals surface area (Å²) in [6, 6.07) is 92.3. The van der Waals surface area contributed by atoms with Crippen LogP contribution in [0.1, 0.15) is 0 Å². The van der Waals surface area contributed by atoms with Gasteiger partial charge in [-0.25, -0.2) is 15.0 Å². The molecule has 0 atom stereocenters. The van der Waals surface area contributed by atoms with Crippen molar-refractivity contribution in [1.29, 1.82) is 0 Å². The molecule has 0 radical (unpaired) electrons. The average molecular weight is 987 g/mol. The molecule has 0 aliphatic heterocycles. The zero-order chi connectivity index (χ0) is 51.1. The number of imidazole rings is 3. The Labute approximate surface area is 444 Å². The van der Waals surface area contributed by atoms with Crippen LogP contribution in [0.15, 0.2) is 279 Å². The number of nitrogens with zero attached hydrogens (tertiary/aromatic N) is 8. The van der Waals surface area contributed by atoms with Gasteiger partial charge < -0.3 is 0 Å². The maximum absolute atomic E-state index is 5.28. The van der Waals surface area contributed by atoms with E-state index < -0.39 is 0 Å². The van der Waals surface area contributed by atoms with Gasteiger partial charge in [0, 0.05) is 56.9 Å². The summed E-state index contributed by atoms with van der Waals surface area (Å²) in [5.41, 5.74) is 18.6. The molecule has 0 saturated heterocycles. The summed E-state index contributed by atoms with van der Waals surface area (Å²) in [7, 11) is 0. The molecule has 15 rings (SSSR count). The van der Waals surface area contributed by atoms with Crippen molar-refractivity contribution < 1.29 is 0 Å². The van der Waals surface area contributed by atoms with E-state index in [9.17, 15) is 0 Å². The minimum absolute atomic E-state index is 0.843. The SMILES string of the molecule is c1ccc(-c2ccnc3c2ccc2c(-c4ccccc4)ccnc23)cc1.c1ccc(-n2c(-c3cc(-c4nc5ccccc5n4-c4ccccc4)cc(-c4nc5ccccc5n4-c4ccccc4)c3)nc3ccccc32)cc1. The smallest absolute Gasteiger partial charge is 0.145 e. The van der Waals surface area contributed by atoms with Gasteiger partial charge in [0.25, 0.3) is 0 Å². The molecule has 77 heavy (non-hydrogen) atoms. The minimum atomic E-state index is 0.843. The molecule has 0 aliphatic rings. The third kappa shape index (κ3) is 8.18. The summed E-state index contributed by atoms with van der Waals surface area (Å²) in [6.45, 7) is 0. The maximum Gasteiger partial charge on any atom is 0.145 e. The fraction of sp³-hybridized carbons (Fsp3) is 0. The second-order valence-electron chi connectivity index (χ2n) is 18.9. The molecule has 0 saturated carbocycles. The zero-order valence-corrected chi connectivity index (χ0v) is 41.6. The Balaban J connectivity index is 0.000000174.